The molecule has 1 saturated heterocycles. The number of urea groups is 1. The summed E-state index contributed by atoms with van der Waals surface area (Å²) < 4.78 is 7.33. The van der Waals surface area contributed by atoms with Crippen LogP contribution in [-0.4, -0.2) is 53.1 Å². The fourth-order valence-corrected chi connectivity index (χ4v) is 4.11. The number of fused-ring (bicyclic) bond motifs is 1. The number of rotatable bonds is 7. The van der Waals surface area contributed by atoms with Crippen molar-refractivity contribution in [3.05, 3.63) is 30.0 Å². The standard InChI is InChI=1S/C21H26N4O4/c1-13-10-14-11-16(6-7-17(14)24(13)8-9-29-3)22-18(26)12-25-19(27)21(2,15-4-5-15)23-20(25)28/h6-7,10-11,15H,4-5,8-9,12H2,1-3H3,(H,22,26)(H,23,28). The molecular weight excluding hydrogens is 372 g/mol. The fourth-order valence-electron chi connectivity index (χ4n) is 4.11. The Balaban J connectivity index is 1.45. The molecule has 0 spiro atoms. The molecule has 2 N–H and O–H groups in total. The summed E-state index contributed by atoms with van der Waals surface area (Å²) in [5, 5.41) is 6.56. The predicted octanol–water partition coefficient (Wildman–Crippen LogP) is 2.26. The summed E-state index contributed by atoms with van der Waals surface area (Å²) in [6.07, 6.45) is 1.85. The molecular formula is C21H26N4O4. The van der Waals surface area contributed by atoms with Crippen LogP contribution in [0.2, 0.25) is 0 Å². The summed E-state index contributed by atoms with van der Waals surface area (Å²) in [5.74, 6) is -0.551. The summed E-state index contributed by atoms with van der Waals surface area (Å²) in [4.78, 5) is 38.4. The number of nitrogens with one attached hydrogen (secondary N) is 2. The molecule has 1 atom stereocenters. The number of ether oxygens (including phenoxy) is 1. The number of carbonyl (C=O) groups excluding carboxylic acids is 3. The van der Waals surface area contributed by atoms with Gasteiger partial charge in [0.2, 0.25) is 5.91 Å². The van der Waals surface area contributed by atoms with Crippen LogP contribution in [0.25, 0.3) is 10.9 Å². The third kappa shape index (κ3) is 3.48. The Hall–Kier alpha value is -2.87. The van der Waals surface area contributed by atoms with E-state index in [2.05, 4.69) is 21.3 Å². The van der Waals surface area contributed by atoms with Gasteiger partial charge in [0.1, 0.15) is 12.1 Å². The maximum Gasteiger partial charge on any atom is 0.325 e. The zero-order valence-corrected chi connectivity index (χ0v) is 16.9. The van der Waals surface area contributed by atoms with Crippen molar-refractivity contribution in [1.29, 1.82) is 0 Å². The van der Waals surface area contributed by atoms with Crippen LogP contribution >= 0.6 is 0 Å². The molecule has 8 nitrogen and oxygen atoms in total. The lowest BCUT2D eigenvalue weighted by atomic mass is 9.96. The van der Waals surface area contributed by atoms with E-state index in [0.29, 0.717) is 12.3 Å². The van der Waals surface area contributed by atoms with Gasteiger partial charge in [0, 0.05) is 35.9 Å². The first kappa shape index (κ1) is 19.4. The van der Waals surface area contributed by atoms with Crippen LogP contribution in [-0.2, 0) is 20.9 Å². The lowest BCUT2D eigenvalue weighted by Gasteiger charge is -2.20. The Bertz CT molecular complexity index is 994. The van der Waals surface area contributed by atoms with Gasteiger partial charge in [-0.15, -0.1) is 0 Å². The van der Waals surface area contributed by atoms with Crippen LogP contribution in [0.4, 0.5) is 10.5 Å². The van der Waals surface area contributed by atoms with Crippen LogP contribution in [0, 0.1) is 12.8 Å². The zero-order chi connectivity index (χ0) is 20.8. The molecule has 29 heavy (non-hydrogen) atoms. The number of hydrogen-bond acceptors (Lipinski definition) is 4. The van der Waals surface area contributed by atoms with Crippen LogP contribution < -0.4 is 10.6 Å². The van der Waals surface area contributed by atoms with Crippen molar-refractivity contribution in [2.45, 2.75) is 38.8 Å². The van der Waals surface area contributed by atoms with Gasteiger partial charge >= 0.3 is 6.03 Å². The van der Waals surface area contributed by atoms with Crippen molar-refractivity contribution in [2.75, 3.05) is 25.6 Å². The first-order valence-electron chi connectivity index (χ1n) is 9.86. The molecule has 1 aliphatic heterocycles. The molecule has 4 amide bonds. The van der Waals surface area contributed by atoms with E-state index in [9.17, 15) is 14.4 Å². The summed E-state index contributed by atoms with van der Waals surface area (Å²) in [6, 6.07) is 7.22. The summed E-state index contributed by atoms with van der Waals surface area (Å²) >= 11 is 0. The number of aromatic nitrogens is 1. The minimum Gasteiger partial charge on any atom is -0.383 e. The Labute approximate surface area is 169 Å². The second kappa shape index (κ2) is 7.18. The highest BCUT2D eigenvalue weighted by Gasteiger charge is 2.56. The molecule has 0 bridgehead atoms. The Morgan fingerprint density at radius 3 is 2.76 bits per heavy atom. The number of nitrogens with zero attached hydrogens (tertiary/aromatic N) is 2. The van der Waals surface area contributed by atoms with E-state index in [1.165, 1.54) is 0 Å². The first-order chi connectivity index (χ1) is 13.8. The Morgan fingerprint density at radius 2 is 2.07 bits per heavy atom. The minimum absolute atomic E-state index is 0.166. The van der Waals surface area contributed by atoms with E-state index in [0.717, 1.165) is 40.9 Å². The highest BCUT2D eigenvalue weighted by Crippen LogP contribution is 2.42. The van der Waals surface area contributed by atoms with E-state index in [-0.39, 0.29) is 18.4 Å². The topological polar surface area (TPSA) is 92.7 Å². The molecule has 1 saturated carbocycles. The molecule has 4 rings (SSSR count). The third-order valence-corrected chi connectivity index (χ3v) is 5.91. The van der Waals surface area contributed by atoms with Gasteiger partial charge in [0.15, 0.2) is 0 Å². The normalized spacial score (nSPS) is 21.7. The van der Waals surface area contributed by atoms with Gasteiger partial charge in [-0.2, -0.15) is 0 Å². The van der Waals surface area contributed by atoms with Crippen LogP contribution in [0.3, 0.4) is 0 Å². The number of aryl methyl sites for hydroxylation is 1. The number of hydrogen-bond donors (Lipinski definition) is 2. The molecule has 2 heterocycles. The van der Waals surface area contributed by atoms with Crippen LogP contribution in [0.1, 0.15) is 25.5 Å². The van der Waals surface area contributed by atoms with E-state index in [1.54, 1.807) is 14.0 Å². The van der Waals surface area contributed by atoms with E-state index in [4.69, 9.17) is 4.74 Å². The summed E-state index contributed by atoms with van der Waals surface area (Å²) in [6.45, 7) is 4.85. The Kier molecular flexibility index (Phi) is 4.82. The summed E-state index contributed by atoms with van der Waals surface area (Å²) in [5.41, 5.74) is 1.92. The average Bonchev–Trinajstić information content (AvgIpc) is 3.44. The van der Waals surface area contributed by atoms with Crippen molar-refractivity contribution in [3.63, 3.8) is 0 Å². The van der Waals surface area contributed by atoms with Crippen molar-refractivity contribution in [3.8, 4) is 0 Å². The van der Waals surface area contributed by atoms with E-state index < -0.39 is 17.5 Å². The van der Waals surface area contributed by atoms with Gasteiger partial charge in [0.25, 0.3) is 5.91 Å². The lowest BCUT2D eigenvalue weighted by molar-refractivity contribution is -0.134. The third-order valence-electron chi connectivity index (χ3n) is 5.91. The maximum atomic E-state index is 12.7. The molecule has 1 unspecified atom stereocenters. The molecule has 2 aromatic rings. The van der Waals surface area contributed by atoms with Crippen molar-refractivity contribution in [2.24, 2.45) is 5.92 Å². The smallest absolute Gasteiger partial charge is 0.325 e. The fraction of sp³-hybridized carbons (Fsp3) is 0.476. The van der Waals surface area contributed by atoms with Crippen LogP contribution in [0.15, 0.2) is 24.3 Å². The number of imide groups is 1. The maximum absolute atomic E-state index is 12.7. The van der Waals surface area contributed by atoms with E-state index in [1.807, 2.05) is 25.1 Å². The Morgan fingerprint density at radius 1 is 1.31 bits per heavy atom. The molecule has 2 fully saturated rings. The van der Waals surface area contributed by atoms with Crippen molar-refractivity contribution < 1.29 is 19.1 Å². The molecule has 1 aromatic heterocycles. The van der Waals surface area contributed by atoms with Crippen LogP contribution in [0.5, 0.6) is 0 Å². The lowest BCUT2D eigenvalue weighted by Crippen LogP contribution is -2.46. The highest BCUT2D eigenvalue weighted by molar-refractivity contribution is 6.10. The van der Waals surface area contributed by atoms with E-state index >= 15 is 0 Å². The molecule has 1 aromatic carbocycles. The van der Waals surface area contributed by atoms with Gasteiger partial charge in [0.05, 0.1) is 6.61 Å². The molecule has 154 valence electrons. The number of amides is 4. The number of methoxy groups -OCH3 is 1. The number of carbonyl (C=O) groups is 3. The highest BCUT2D eigenvalue weighted by atomic mass is 16.5. The molecule has 8 heteroatoms. The van der Waals surface area contributed by atoms with Gasteiger partial charge in [-0.05, 0) is 56.9 Å². The average molecular weight is 398 g/mol. The second-order valence-corrected chi connectivity index (χ2v) is 8.05. The largest absolute Gasteiger partial charge is 0.383 e. The molecule has 0 radical (unpaired) electrons. The number of anilines is 1. The molecule has 2 aliphatic rings. The quantitative estimate of drug-likeness (QED) is 0.700. The monoisotopic (exact) mass is 398 g/mol. The second-order valence-electron chi connectivity index (χ2n) is 8.05. The minimum atomic E-state index is -0.876. The van der Waals surface area contributed by atoms with Crippen molar-refractivity contribution in [1.82, 2.24) is 14.8 Å². The zero-order valence-electron chi connectivity index (χ0n) is 16.9. The summed E-state index contributed by atoms with van der Waals surface area (Å²) in [7, 11) is 1.67. The number of benzene rings is 1. The van der Waals surface area contributed by atoms with Gasteiger partial charge in [-0.3, -0.25) is 14.5 Å². The van der Waals surface area contributed by atoms with Gasteiger partial charge in [-0.25, -0.2) is 4.79 Å². The van der Waals surface area contributed by atoms with Gasteiger partial charge in [-0.1, -0.05) is 0 Å². The first-order valence-corrected chi connectivity index (χ1v) is 9.86. The molecule has 1 aliphatic carbocycles. The predicted molar refractivity (Wildman–Crippen MR) is 109 cm³/mol. The van der Waals surface area contributed by atoms with Gasteiger partial charge < -0.3 is 19.9 Å². The van der Waals surface area contributed by atoms with Crippen molar-refractivity contribution >= 4 is 34.4 Å². The SMILES string of the molecule is COCCn1c(C)cc2cc(NC(=O)CN3C(=O)NC(C)(C4CC4)C3=O)ccc21.